The van der Waals surface area contributed by atoms with Gasteiger partial charge in [-0.3, -0.25) is 0 Å². The second-order valence-electron chi connectivity index (χ2n) is 3.41. The fourth-order valence-corrected chi connectivity index (χ4v) is 1.39. The molecule has 15 heavy (non-hydrogen) atoms. The Hall–Kier alpha value is -1.06. The van der Waals surface area contributed by atoms with E-state index in [1.165, 1.54) is 5.56 Å². The molecule has 1 rings (SSSR count). The molecule has 0 fully saturated rings. The molecule has 0 unspecified atom stereocenters. The predicted octanol–water partition coefficient (Wildman–Crippen LogP) is 2.28. The van der Waals surface area contributed by atoms with Crippen LogP contribution in [0.25, 0.3) is 0 Å². The third kappa shape index (κ3) is 4.81. The minimum absolute atomic E-state index is 0.660. The number of anilines is 1. The van der Waals surface area contributed by atoms with Gasteiger partial charge in [0.05, 0.1) is 6.61 Å². The molecule has 0 atom stereocenters. The lowest BCUT2D eigenvalue weighted by molar-refractivity contribution is 0.185. The highest BCUT2D eigenvalue weighted by Crippen LogP contribution is 2.11. The molecule has 0 radical (unpaired) electrons. The molecule has 0 spiro atoms. The van der Waals surface area contributed by atoms with E-state index in [0.29, 0.717) is 6.61 Å². The van der Waals surface area contributed by atoms with Crippen LogP contribution < -0.4 is 5.32 Å². The van der Waals surface area contributed by atoms with Crippen molar-refractivity contribution in [1.82, 2.24) is 0 Å². The quantitative estimate of drug-likeness (QED) is 0.699. The molecule has 0 bridgehead atoms. The Bertz CT molecular complexity index is 276. The average molecular weight is 209 g/mol. The van der Waals surface area contributed by atoms with Crippen molar-refractivity contribution >= 4 is 5.69 Å². The maximum Gasteiger partial charge on any atom is 0.0713 e. The summed E-state index contributed by atoms with van der Waals surface area (Å²) in [6, 6.07) is 8.26. The summed E-state index contributed by atoms with van der Waals surface area (Å²) in [5, 5.41) is 3.34. The third-order valence-electron chi connectivity index (χ3n) is 2.09. The highest BCUT2D eigenvalue weighted by Gasteiger charge is 1.94. The number of hydrogen-bond donors (Lipinski definition) is 1. The zero-order valence-electron chi connectivity index (χ0n) is 9.45. The standard InChI is InChI=1S/C12H19NO2/c1-14-8-4-7-13-12-6-3-5-11(9-12)10-15-2/h3,5-6,9,13H,4,7-8,10H2,1-2H3. The highest BCUT2D eigenvalue weighted by atomic mass is 16.5. The molecule has 0 amide bonds. The van der Waals surface area contributed by atoms with Gasteiger partial charge in [0.25, 0.3) is 0 Å². The van der Waals surface area contributed by atoms with Crippen molar-refractivity contribution in [3.05, 3.63) is 29.8 Å². The first-order valence-corrected chi connectivity index (χ1v) is 5.17. The summed E-state index contributed by atoms with van der Waals surface area (Å²) in [6.07, 6.45) is 1.02. The summed E-state index contributed by atoms with van der Waals surface area (Å²) in [5.41, 5.74) is 2.33. The topological polar surface area (TPSA) is 30.5 Å². The van der Waals surface area contributed by atoms with Gasteiger partial charge in [0, 0.05) is 33.1 Å². The number of nitrogens with one attached hydrogen (secondary N) is 1. The number of rotatable bonds is 7. The molecule has 0 heterocycles. The Morgan fingerprint density at radius 3 is 2.80 bits per heavy atom. The summed E-state index contributed by atoms with van der Waals surface area (Å²) >= 11 is 0. The Morgan fingerprint density at radius 2 is 2.07 bits per heavy atom. The molecule has 0 aliphatic heterocycles. The molecule has 1 N–H and O–H groups in total. The number of hydrogen-bond acceptors (Lipinski definition) is 3. The highest BCUT2D eigenvalue weighted by molar-refractivity contribution is 5.45. The Kier molecular flexibility index (Phi) is 5.81. The van der Waals surface area contributed by atoms with Gasteiger partial charge in [0.15, 0.2) is 0 Å². The van der Waals surface area contributed by atoms with Crippen molar-refractivity contribution in [2.45, 2.75) is 13.0 Å². The van der Waals surface area contributed by atoms with Gasteiger partial charge in [0.1, 0.15) is 0 Å². The van der Waals surface area contributed by atoms with E-state index < -0.39 is 0 Å². The zero-order valence-corrected chi connectivity index (χ0v) is 9.45. The van der Waals surface area contributed by atoms with E-state index in [1.54, 1.807) is 14.2 Å². The minimum Gasteiger partial charge on any atom is -0.385 e. The zero-order chi connectivity index (χ0) is 10.9. The third-order valence-corrected chi connectivity index (χ3v) is 2.09. The largest absolute Gasteiger partial charge is 0.385 e. The van der Waals surface area contributed by atoms with Crippen LogP contribution in [0.15, 0.2) is 24.3 Å². The van der Waals surface area contributed by atoms with Crippen LogP contribution in [0, 0.1) is 0 Å². The molecule has 3 heteroatoms. The van der Waals surface area contributed by atoms with Crippen molar-refractivity contribution in [2.75, 3.05) is 32.7 Å². The van der Waals surface area contributed by atoms with Gasteiger partial charge >= 0.3 is 0 Å². The molecular weight excluding hydrogens is 190 g/mol. The molecule has 84 valence electrons. The maximum atomic E-state index is 5.08. The van der Waals surface area contributed by atoms with Gasteiger partial charge in [-0.1, -0.05) is 12.1 Å². The summed E-state index contributed by atoms with van der Waals surface area (Å²) in [5.74, 6) is 0. The Morgan fingerprint density at radius 1 is 1.20 bits per heavy atom. The number of ether oxygens (including phenoxy) is 2. The van der Waals surface area contributed by atoms with Crippen molar-refractivity contribution in [1.29, 1.82) is 0 Å². The van der Waals surface area contributed by atoms with Crippen LogP contribution in [-0.2, 0) is 16.1 Å². The van der Waals surface area contributed by atoms with Gasteiger partial charge in [-0.2, -0.15) is 0 Å². The molecule has 1 aromatic rings. The van der Waals surface area contributed by atoms with Crippen LogP contribution in [0.3, 0.4) is 0 Å². The van der Waals surface area contributed by atoms with Gasteiger partial charge < -0.3 is 14.8 Å². The van der Waals surface area contributed by atoms with Crippen LogP contribution in [-0.4, -0.2) is 27.4 Å². The number of methoxy groups -OCH3 is 2. The summed E-state index contributed by atoms with van der Waals surface area (Å²) < 4.78 is 10.1. The van der Waals surface area contributed by atoms with Gasteiger partial charge in [-0.15, -0.1) is 0 Å². The SMILES string of the molecule is COCCCNc1cccc(COC)c1. The van der Waals surface area contributed by atoms with E-state index in [2.05, 4.69) is 23.5 Å². The van der Waals surface area contributed by atoms with Crippen molar-refractivity contribution < 1.29 is 9.47 Å². The van der Waals surface area contributed by atoms with Crippen LogP contribution in [0.2, 0.25) is 0 Å². The second-order valence-corrected chi connectivity index (χ2v) is 3.41. The summed E-state index contributed by atoms with van der Waals surface area (Å²) in [6.45, 7) is 2.39. The molecule has 3 nitrogen and oxygen atoms in total. The molecular formula is C12H19NO2. The first kappa shape index (κ1) is 12.0. The maximum absolute atomic E-state index is 5.08. The Labute approximate surface area is 91.4 Å². The molecule has 0 saturated carbocycles. The molecule has 0 aromatic heterocycles. The first-order chi connectivity index (χ1) is 7.36. The lowest BCUT2D eigenvalue weighted by atomic mass is 10.2. The van der Waals surface area contributed by atoms with Crippen LogP contribution >= 0.6 is 0 Å². The number of benzene rings is 1. The summed E-state index contributed by atoms with van der Waals surface area (Å²) in [7, 11) is 3.43. The second kappa shape index (κ2) is 7.26. The van der Waals surface area contributed by atoms with Gasteiger partial charge in [-0.25, -0.2) is 0 Å². The van der Waals surface area contributed by atoms with Crippen molar-refractivity contribution in [3.63, 3.8) is 0 Å². The fourth-order valence-electron chi connectivity index (χ4n) is 1.39. The van der Waals surface area contributed by atoms with E-state index in [1.807, 2.05) is 6.07 Å². The minimum atomic E-state index is 0.660. The Balaban J connectivity index is 2.36. The van der Waals surface area contributed by atoms with E-state index >= 15 is 0 Å². The predicted molar refractivity (Wildman–Crippen MR) is 62.1 cm³/mol. The van der Waals surface area contributed by atoms with Crippen LogP contribution in [0.5, 0.6) is 0 Å². The monoisotopic (exact) mass is 209 g/mol. The fraction of sp³-hybridized carbons (Fsp3) is 0.500. The molecule has 0 aliphatic carbocycles. The molecule has 0 aliphatic rings. The van der Waals surface area contributed by atoms with Crippen molar-refractivity contribution in [3.8, 4) is 0 Å². The van der Waals surface area contributed by atoms with Crippen molar-refractivity contribution in [2.24, 2.45) is 0 Å². The van der Waals surface area contributed by atoms with E-state index in [4.69, 9.17) is 9.47 Å². The lowest BCUT2D eigenvalue weighted by Crippen LogP contribution is -2.04. The first-order valence-electron chi connectivity index (χ1n) is 5.17. The van der Waals surface area contributed by atoms with Crippen LogP contribution in [0.4, 0.5) is 5.69 Å². The van der Waals surface area contributed by atoms with E-state index in [-0.39, 0.29) is 0 Å². The summed E-state index contributed by atoms with van der Waals surface area (Å²) in [4.78, 5) is 0. The molecule has 1 aromatic carbocycles. The lowest BCUT2D eigenvalue weighted by Gasteiger charge is -2.07. The smallest absolute Gasteiger partial charge is 0.0713 e. The molecule has 0 saturated heterocycles. The normalized spacial score (nSPS) is 10.3. The van der Waals surface area contributed by atoms with E-state index in [9.17, 15) is 0 Å². The van der Waals surface area contributed by atoms with Gasteiger partial charge in [-0.05, 0) is 24.1 Å². The average Bonchev–Trinajstić information content (AvgIpc) is 2.26. The van der Waals surface area contributed by atoms with E-state index in [0.717, 1.165) is 25.3 Å². The van der Waals surface area contributed by atoms with Gasteiger partial charge in [0.2, 0.25) is 0 Å². The van der Waals surface area contributed by atoms with Crippen LogP contribution in [0.1, 0.15) is 12.0 Å².